The Hall–Kier alpha value is -2.80. The first-order chi connectivity index (χ1) is 12.5. The number of nitrogens with zero attached hydrogens (tertiary/aromatic N) is 1. The summed E-state index contributed by atoms with van der Waals surface area (Å²) in [5, 5.41) is 0. The van der Waals surface area contributed by atoms with Gasteiger partial charge in [0, 0.05) is 21.7 Å². The molecule has 1 spiro atoms. The second-order valence-electron chi connectivity index (χ2n) is 5.95. The fourth-order valence-corrected chi connectivity index (χ4v) is 3.54. The number of hydrogen-bond acceptors (Lipinski definition) is 6. The van der Waals surface area contributed by atoms with Crippen molar-refractivity contribution in [1.82, 2.24) is 0 Å². The number of fused-ring (bicyclic) bond motifs is 4. The van der Waals surface area contributed by atoms with Crippen LogP contribution in [0.1, 0.15) is 16.7 Å². The molecule has 0 fully saturated rings. The number of carbonyl (C=O) groups excluding carboxylic acids is 1. The van der Waals surface area contributed by atoms with Gasteiger partial charge in [0.2, 0.25) is 0 Å². The maximum atomic E-state index is 11.4. The van der Waals surface area contributed by atoms with Crippen LogP contribution in [-0.4, -0.2) is 25.7 Å². The number of halogens is 1. The van der Waals surface area contributed by atoms with E-state index in [1.165, 1.54) is 13.2 Å². The van der Waals surface area contributed by atoms with Gasteiger partial charge in [-0.3, -0.25) is 0 Å². The number of ether oxygens (including phenoxy) is 3. The second-order valence-corrected chi connectivity index (χ2v) is 6.87. The number of aliphatic imine (C=N–C) groups is 1. The van der Waals surface area contributed by atoms with E-state index in [0.29, 0.717) is 11.5 Å². The van der Waals surface area contributed by atoms with Crippen molar-refractivity contribution in [3.63, 3.8) is 0 Å². The molecule has 2 heterocycles. The Kier molecular flexibility index (Phi) is 3.96. The SMILES string of the molecule is COC(=O)/C=C/c1ccc2c(c1)[C@@]1(COC(N)=N1)c1cc(Br)ccc1O2. The molecule has 2 aliphatic heterocycles. The van der Waals surface area contributed by atoms with Gasteiger partial charge in [-0.2, -0.15) is 0 Å². The highest BCUT2D eigenvalue weighted by atomic mass is 79.9. The zero-order chi connectivity index (χ0) is 18.3. The quantitative estimate of drug-likeness (QED) is 0.601. The van der Waals surface area contributed by atoms with E-state index in [2.05, 4.69) is 25.7 Å². The van der Waals surface area contributed by atoms with Gasteiger partial charge < -0.3 is 19.9 Å². The standard InChI is InChI=1S/C19H15BrN2O4/c1-24-17(23)7-3-11-2-5-15-13(8-11)19(10-25-18(21)22-19)14-9-12(20)4-6-16(14)26-15/h2-9H,10H2,1H3,(H2,21,22)/b7-3+/t19-/m0/s1. The summed E-state index contributed by atoms with van der Waals surface area (Å²) in [4.78, 5) is 16.0. The number of amidine groups is 1. The summed E-state index contributed by atoms with van der Waals surface area (Å²) in [6.07, 6.45) is 3.05. The average Bonchev–Trinajstić information content (AvgIpc) is 3.03. The van der Waals surface area contributed by atoms with Crippen LogP contribution in [0.5, 0.6) is 11.5 Å². The van der Waals surface area contributed by atoms with Gasteiger partial charge in [-0.15, -0.1) is 0 Å². The summed E-state index contributed by atoms with van der Waals surface area (Å²) in [5.74, 6) is 0.965. The molecule has 26 heavy (non-hydrogen) atoms. The third kappa shape index (κ3) is 2.64. The van der Waals surface area contributed by atoms with Crippen molar-refractivity contribution >= 4 is 34.0 Å². The molecule has 0 unspecified atom stereocenters. The van der Waals surface area contributed by atoms with Crippen LogP contribution >= 0.6 is 15.9 Å². The van der Waals surface area contributed by atoms with E-state index in [1.54, 1.807) is 6.08 Å². The summed E-state index contributed by atoms with van der Waals surface area (Å²) < 4.78 is 17.1. The lowest BCUT2D eigenvalue weighted by molar-refractivity contribution is -0.134. The first-order valence-corrected chi connectivity index (χ1v) is 8.68. The highest BCUT2D eigenvalue weighted by molar-refractivity contribution is 9.10. The van der Waals surface area contributed by atoms with Crippen LogP contribution in [0, 0.1) is 0 Å². The Morgan fingerprint density at radius 2 is 2.00 bits per heavy atom. The molecule has 7 heteroatoms. The number of nitrogens with two attached hydrogens (primary N) is 1. The van der Waals surface area contributed by atoms with E-state index in [9.17, 15) is 4.79 Å². The number of benzene rings is 2. The van der Waals surface area contributed by atoms with Gasteiger partial charge in [-0.25, -0.2) is 9.79 Å². The molecule has 2 N–H and O–H groups in total. The van der Waals surface area contributed by atoms with Crippen LogP contribution < -0.4 is 10.5 Å². The fraction of sp³-hybridized carbons (Fsp3) is 0.158. The van der Waals surface area contributed by atoms with Gasteiger partial charge in [0.05, 0.1) is 7.11 Å². The third-order valence-electron chi connectivity index (χ3n) is 4.40. The summed E-state index contributed by atoms with van der Waals surface area (Å²) in [7, 11) is 1.34. The van der Waals surface area contributed by atoms with Crippen LogP contribution in [0.4, 0.5) is 0 Å². The van der Waals surface area contributed by atoms with E-state index < -0.39 is 11.5 Å². The first kappa shape index (κ1) is 16.7. The smallest absolute Gasteiger partial charge is 0.330 e. The first-order valence-electron chi connectivity index (χ1n) is 7.88. The minimum atomic E-state index is -0.786. The van der Waals surface area contributed by atoms with Crippen LogP contribution in [0.25, 0.3) is 6.08 Å². The molecule has 4 rings (SSSR count). The number of rotatable bonds is 2. The van der Waals surface area contributed by atoms with Gasteiger partial charge in [0.1, 0.15) is 18.1 Å². The summed E-state index contributed by atoms with van der Waals surface area (Å²) in [5.41, 5.74) is 7.58. The summed E-state index contributed by atoms with van der Waals surface area (Å²) in [6, 6.07) is 11.5. The monoisotopic (exact) mass is 414 g/mol. The largest absolute Gasteiger partial charge is 0.466 e. The molecule has 0 aliphatic carbocycles. The molecule has 0 saturated carbocycles. The van der Waals surface area contributed by atoms with E-state index in [0.717, 1.165) is 21.2 Å². The third-order valence-corrected chi connectivity index (χ3v) is 4.89. The Bertz CT molecular complexity index is 970. The number of carbonyl (C=O) groups is 1. The van der Waals surface area contributed by atoms with Crippen molar-refractivity contribution in [2.45, 2.75) is 5.54 Å². The van der Waals surface area contributed by atoms with Crippen LogP contribution in [0.2, 0.25) is 0 Å². The summed E-state index contributed by atoms with van der Waals surface area (Å²) >= 11 is 3.50. The predicted molar refractivity (Wildman–Crippen MR) is 100 cm³/mol. The number of esters is 1. The van der Waals surface area contributed by atoms with E-state index in [-0.39, 0.29) is 12.6 Å². The Morgan fingerprint density at radius 3 is 2.69 bits per heavy atom. The minimum absolute atomic E-state index is 0.138. The molecule has 1 atom stereocenters. The van der Waals surface area contributed by atoms with Crippen LogP contribution in [0.15, 0.2) is 51.9 Å². The predicted octanol–water partition coefficient (Wildman–Crippen LogP) is 3.33. The van der Waals surface area contributed by atoms with Crippen molar-refractivity contribution in [2.24, 2.45) is 10.7 Å². The fourth-order valence-electron chi connectivity index (χ4n) is 3.18. The summed E-state index contributed by atoms with van der Waals surface area (Å²) in [6.45, 7) is 0.281. The molecule has 2 aromatic carbocycles. The van der Waals surface area contributed by atoms with Crippen LogP contribution in [0.3, 0.4) is 0 Å². The van der Waals surface area contributed by atoms with Crippen molar-refractivity contribution < 1.29 is 19.0 Å². The zero-order valence-electron chi connectivity index (χ0n) is 13.9. The Labute approximate surface area is 158 Å². The van der Waals surface area contributed by atoms with Gasteiger partial charge in [-0.1, -0.05) is 22.0 Å². The molecular formula is C19H15BrN2O4. The Morgan fingerprint density at radius 1 is 1.27 bits per heavy atom. The average molecular weight is 415 g/mol. The van der Waals surface area contributed by atoms with Gasteiger partial charge in [0.15, 0.2) is 5.54 Å². The van der Waals surface area contributed by atoms with E-state index in [1.807, 2.05) is 36.4 Å². The van der Waals surface area contributed by atoms with Crippen molar-refractivity contribution in [1.29, 1.82) is 0 Å². The van der Waals surface area contributed by atoms with Crippen molar-refractivity contribution in [3.05, 3.63) is 63.6 Å². The van der Waals surface area contributed by atoms with Crippen molar-refractivity contribution in [3.8, 4) is 11.5 Å². The van der Waals surface area contributed by atoms with Crippen LogP contribution in [-0.2, 0) is 19.8 Å². The number of hydrogen-bond donors (Lipinski definition) is 1. The molecule has 0 aromatic heterocycles. The molecule has 0 saturated heterocycles. The number of methoxy groups -OCH3 is 1. The highest BCUT2D eigenvalue weighted by Gasteiger charge is 2.47. The van der Waals surface area contributed by atoms with Gasteiger partial charge >= 0.3 is 5.97 Å². The molecule has 0 amide bonds. The zero-order valence-corrected chi connectivity index (χ0v) is 15.4. The van der Waals surface area contributed by atoms with Crippen molar-refractivity contribution in [2.75, 3.05) is 13.7 Å². The lowest BCUT2D eigenvalue weighted by Gasteiger charge is -2.33. The maximum absolute atomic E-state index is 11.4. The lowest BCUT2D eigenvalue weighted by Crippen LogP contribution is -2.31. The molecule has 132 valence electrons. The molecular weight excluding hydrogens is 400 g/mol. The minimum Gasteiger partial charge on any atom is -0.466 e. The molecule has 0 bridgehead atoms. The molecule has 2 aliphatic rings. The maximum Gasteiger partial charge on any atom is 0.330 e. The highest BCUT2D eigenvalue weighted by Crippen LogP contribution is 2.51. The lowest BCUT2D eigenvalue weighted by atomic mass is 9.81. The molecule has 0 radical (unpaired) electrons. The normalized spacial score (nSPS) is 20.2. The Balaban J connectivity index is 1.88. The topological polar surface area (TPSA) is 83.1 Å². The molecule has 2 aromatic rings. The van der Waals surface area contributed by atoms with Gasteiger partial charge in [-0.05, 0) is 42.0 Å². The van der Waals surface area contributed by atoms with E-state index >= 15 is 0 Å². The van der Waals surface area contributed by atoms with Gasteiger partial charge in [0.25, 0.3) is 6.02 Å². The van der Waals surface area contributed by atoms with E-state index in [4.69, 9.17) is 15.2 Å². The molecule has 6 nitrogen and oxygen atoms in total. The second kappa shape index (κ2) is 6.17.